The van der Waals surface area contributed by atoms with E-state index in [0.717, 1.165) is 6.42 Å². The minimum Gasteiger partial charge on any atom is -0.368 e. The number of hydrogen-bond donors (Lipinski definition) is 1. The minimum atomic E-state index is 0.0439. The number of thiophene rings is 1. The SMILES string of the molecule is CCC(N)C(OC(C)C(C)C)c1cccs1. The van der Waals surface area contributed by atoms with Gasteiger partial charge >= 0.3 is 0 Å². The van der Waals surface area contributed by atoms with Crippen molar-refractivity contribution in [3.63, 3.8) is 0 Å². The Labute approximate surface area is 103 Å². The summed E-state index contributed by atoms with van der Waals surface area (Å²) in [5.41, 5.74) is 6.14. The van der Waals surface area contributed by atoms with Crippen molar-refractivity contribution in [1.29, 1.82) is 0 Å². The van der Waals surface area contributed by atoms with Crippen LogP contribution in [0.4, 0.5) is 0 Å². The summed E-state index contributed by atoms with van der Waals surface area (Å²) in [7, 11) is 0. The Bertz CT molecular complexity index is 284. The van der Waals surface area contributed by atoms with Gasteiger partial charge in [-0.25, -0.2) is 0 Å². The van der Waals surface area contributed by atoms with Crippen LogP contribution in [0.5, 0.6) is 0 Å². The van der Waals surface area contributed by atoms with Gasteiger partial charge in [-0.05, 0) is 30.7 Å². The highest BCUT2D eigenvalue weighted by atomic mass is 32.1. The van der Waals surface area contributed by atoms with Crippen molar-refractivity contribution in [2.45, 2.75) is 52.4 Å². The average Bonchev–Trinajstić information content (AvgIpc) is 2.77. The predicted molar refractivity (Wildman–Crippen MR) is 70.7 cm³/mol. The van der Waals surface area contributed by atoms with Crippen LogP contribution in [0.15, 0.2) is 17.5 Å². The fraction of sp³-hybridized carbons (Fsp3) is 0.692. The van der Waals surface area contributed by atoms with Crippen molar-refractivity contribution >= 4 is 11.3 Å². The fourth-order valence-electron chi connectivity index (χ4n) is 1.43. The first-order valence-electron chi connectivity index (χ1n) is 6.00. The summed E-state index contributed by atoms with van der Waals surface area (Å²) in [6.07, 6.45) is 1.22. The van der Waals surface area contributed by atoms with Gasteiger partial charge in [-0.2, -0.15) is 0 Å². The standard InChI is InChI=1S/C13H23NOS/c1-5-11(14)13(12-7-6-8-16-12)15-10(4)9(2)3/h6-11,13H,5,14H2,1-4H3. The van der Waals surface area contributed by atoms with E-state index in [9.17, 15) is 0 Å². The van der Waals surface area contributed by atoms with Crippen LogP contribution in [-0.2, 0) is 4.74 Å². The molecule has 0 fully saturated rings. The molecular formula is C13H23NOS. The zero-order valence-corrected chi connectivity index (χ0v) is 11.5. The lowest BCUT2D eigenvalue weighted by atomic mass is 10.1. The third-order valence-electron chi connectivity index (χ3n) is 2.98. The maximum Gasteiger partial charge on any atom is 0.107 e. The maximum absolute atomic E-state index is 6.14. The highest BCUT2D eigenvalue weighted by Gasteiger charge is 2.23. The molecule has 0 amide bonds. The molecule has 1 rings (SSSR count). The van der Waals surface area contributed by atoms with E-state index in [0.29, 0.717) is 5.92 Å². The topological polar surface area (TPSA) is 35.2 Å². The number of rotatable bonds is 6. The van der Waals surface area contributed by atoms with Gasteiger partial charge in [0.05, 0.1) is 6.10 Å². The normalized spacial score (nSPS) is 17.4. The Balaban J connectivity index is 2.73. The van der Waals surface area contributed by atoms with Crippen molar-refractivity contribution in [2.75, 3.05) is 0 Å². The number of hydrogen-bond acceptors (Lipinski definition) is 3. The molecule has 3 heteroatoms. The smallest absolute Gasteiger partial charge is 0.107 e. The Hall–Kier alpha value is -0.380. The van der Waals surface area contributed by atoms with E-state index >= 15 is 0 Å². The van der Waals surface area contributed by atoms with Crippen molar-refractivity contribution < 1.29 is 4.74 Å². The van der Waals surface area contributed by atoms with Crippen LogP contribution >= 0.6 is 11.3 Å². The van der Waals surface area contributed by atoms with E-state index in [1.807, 2.05) is 0 Å². The van der Waals surface area contributed by atoms with Gasteiger partial charge < -0.3 is 10.5 Å². The van der Waals surface area contributed by atoms with Crippen LogP contribution in [0.25, 0.3) is 0 Å². The summed E-state index contributed by atoms with van der Waals surface area (Å²) >= 11 is 1.72. The van der Waals surface area contributed by atoms with Crippen LogP contribution in [0.2, 0.25) is 0 Å². The summed E-state index contributed by atoms with van der Waals surface area (Å²) in [6.45, 7) is 8.57. The van der Waals surface area contributed by atoms with Crippen LogP contribution < -0.4 is 5.73 Å². The van der Waals surface area contributed by atoms with Gasteiger partial charge in [0.25, 0.3) is 0 Å². The second-order valence-electron chi connectivity index (χ2n) is 4.59. The van der Waals surface area contributed by atoms with Crippen molar-refractivity contribution in [3.8, 4) is 0 Å². The summed E-state index contributed by atoms with van der Waals surface area (Å²) in [5.74, 6) is 0.520. The Morgan fingerprint density at radius 3 is 2.50 bits per heavy atom. The average molecular weight is 241 g/mol. The molecule has 2 nitrogen and oxygen atoms in total. The molecule has 1 aromatic heterocycles. The highest BCUT2D eigenvalue weighted by Crippen LogP contribution is 2.28. The van der Waals surface area contributed by atoms with Gasteiger partial charge in [0, 0.05) is 10.9 Å². The molecule has 0 bridgehead atoms. The van der Waals surface area contributed by atoms with E-state index in [2.05, 4.69) is 45.2 Å². The monoisotopic (exact) mass is 241 g/mol. The van der Waals surface area contributed by atoms with Gasteiger partial charge in [0.2, 0.25) is 0 Å². The summed E-state index contributed by atoms with van der Waals surface area (Å²) in [6, 6.07) is 4.25. The molecule has 0 spiro atoms. The van der Waals surface area contributed by atoms with Crippen LogP contribution in [-0.4, -0.2) is 12.1 Å². The minimum absolute atomic E-state index is 0.0439. The van der Waals surface area contributed by atoms with Crippen LogP contribution in [0.3, 0.4) is 0 Å². The summed E-state index contributed by atoms with van der Waals surface area (Å²) < 4.78 is 6.09. The molecule has 16 heavy (non-hydrogen) atoms. The van der Waals surface area contributed by atoms with E-state index in [-0.39, 0.29) is 18.2 Å². The third-order valence-corrected chi connectivity index (χ3v) is 3.92. The van der Waals surface area contributed by atoms with E-state index in [1.165, 1.54) is 4.88 Å². The van der Waals surface area contributed by atoms with E-state index < -0.39 is 0 Å². The first-order valence-corrected chi connectivity index (χ1v) is 6.88. The summed E-state index contributed by atoms with van der Waals surface area (Å²) in [5, 5.41) is 2.08. The van der Waals surface area contributed by atoms with Gasteiger partial charge in [-0.15, -0.1) is 11.3 Å². The molecule has 0 saturated heterocycles. The number of ether oxygens (including phenoxy) is 1. The van der Waals surface area contributed by atoms with Crippen LogP contribution in [0.1, 0.15) is 45.1 Å². The second kappa shape index (κ2) is 6.38. The maximum atomic E-state index is 6.14. The zero-order chi connectivity index (χ0) is 12.1. The predicted octanol–water partition coefficient (Wildman–Crippen LogP) is 3.59. The molecule has 2 N–H and O–H groups in total. The van der Waals surface area contributed by atoms with Crippen molar-refractivity contribution in [2.24, 2.45) is 11.7 Å². The Kier molecular flexibility index (Phi) is 5.46. The summed E-state index contributed by atoms with van der Waals surface area (Å²) in [4.78, 5) is 1.24. The molecular weight excluding hydrogens is 218 g/mol. The molecule has 0 aliphatic carbocycles. The lowest BCUT2D eigenvalue weighted by Crippen LogP contribution is -2.32. The molecule has 0 aliphatic heterocycles. The first-order chi connectivity index (χ1) is 7.56. The second-order valence-corrected chi connectivity index (χ2v) is 5.57. The molecule has 1 aromatic rings. The molecule has 0 saturated carbocycles. The molecule has 3 unspecified atom stereocenters. The molecule has 92 valence electrons. The zero-order valence-electron chi connectivity index (χ0n) is 10.6. The lowest BCUT2D eigenvalue weighted by molar-refractivity contribution is -0.0377. The highest BCUT2D eigenvalue weighted by molar-refractivity contribution is 7.10. The van der Waals surface area contributed by atoms with Gasteiger partial charge in [-0.1, -0.05) is 26.8 Å². The van der Waals surface area contributed by atoms with Gasteiger partial charge in [0.15, 0.2) is 0 Å². The third kappa shape index (κ3) is 3.58. The molecule has 1 heterocycles. The van der Waals surface area contributed by atoms with E-state index in [4.69, 9.17) is 10.5 Å². The van der Waals surface area contributed by atoms with Crippen LogP contribution in [0, 0.1) is 5.92 Å². The Morgan fingerprint density at radius 2 is 2.06 bits per heavy atom. The van der Waals surface area contributed by atoms with Gasteiger partial charge in [-0.3, -0.25) is 0 Å². The number of nitrogens with two attached hydrogens (primary N) is 1. The molecule has 0 aliphatic rings. The quantitative estimate of drug-likeness (QED) is 0.826. The largest absolute Gasteiger partial charge is 0.368 e. The van der Waals surface area contributed by atoms with Gasteiger partial charge in [0.1, 0.15) is 6.10 Å². The van der Waals surface area contributed by atoms with Crippen molar-refractivity contribution in [1.82, 2.24) is 0 Å². The lowest BCUT2D eigenvalue weighted by Gasteiger charge is -2.28. The molecule has 3 atom stereocenters. The van der Waals surface area contributed by atoms with E-state index in [1.54, 1.807) is 11.3 Å². The first kappa shape index (κ1) is 13.7. The van der Waals surface area contributed by atoms with Crippen molar-refractivity contribution in [3.05, 3.63) is 22.4 Å². The molecule has 0 radical (unpaired) electrons. The fourth-order valence-corrected chi connectivity index (χ4v) is 2.27. The Morgan fingerprint density at radius 1 is 1.38 bits per heavy atom. The molecule has 0 aromatic carbocycles.